The van der Waals surface area contributed by atoms with E-state index < -0.39 is 5.97 Å². The van der Waals surface area contributed by atoms with E-state index in [-0.39, 0.29) is 17.7 Å². The highest BCUT2D eigenvalue weighted by molar-refractivity contribution is 6.31. The molecule has 0 aliphatic rings. The zero-order chi connectivity index (χ0) is 19.2. The Labute approximate surface area is 161 Å². The number of pyridine rings is 1. The van der Waals surface area contributed by atoms with E-state index in [2.05, 4.69) is 4.98 Å². The van der Waals surface area contributed by atoms with Crippen molar-refractivity contribution in [2.45, 2.75) is 6.54 Å². The van der Waals surface area contributed by atoms with E-state index in [1.165, 1.54) is 17.1 Å². The Morgan fingerprint density at radius 1 is 1.19 bits per heavy atom. The largest absolute Gasteiger partial charge is 0.452 e. The Kier molecular flexibility index (Phi) is 5.88. The highest BCUT2D eigenvalue weighted by atomic mass is 35.5. The third kappa shape index (κ3) is 4.74. The minimum absolute atomic E-state index is 0.281. The van der Waals surface area contributed by atoms with Crippen molar-refractivity contribution in [1.29, 1.82) is 0 Å². The highest BCUT2D eigenvalue weighted by Crippen LogP contribution is 2.18. The molecule has 6 nitrogen and oxygen atoms in total. The molecule has 0 radical (unpaired) electrons. The molecule has 2 heterocycles. The molecule has 0 aliphatic carbocycles. The van der Waals surface area contributed by atoms with E-state index in [0.717, 1.165) is 5.56 Å². The number of carbonyl (C=O) groups is 2. The number of hydrogen-bond donors (Lipinski definition) is 0. The predicted molar refractivity (Wildman–Crippen MR) is 103 cm³/mol. The predicted octanol–water partition coefficient (Wildman–Crippen LogP) is 3.20. The second kappa shape index (κ2) is 8.51. The molecule has 3 aromatic rings. The SMILES string of the molecule is CN(Cc1ccccc1)C(=O)COC(=O)/C=C/c1c(Cl)nc2ccccn12. The Bertz CT molecular complexity index is 983. The Hall–Kier alpha value is -3.12. The third-order valence-corrected chi connectivity index (χ3v) is 4.20. The third-order valence-electron chi connectivity index (χ3n) is 3.93. The molecule has 0 fully saturated rings. The van der Waals surface area contributed by atoms with Crippen molar-refractivity contribution in [3.63, 3.8) is 0 Å². The molecule has 7 heteroatoms. The van der Waals surface area contributed by atoms with Gasteiger partial charge in [0.15, 0.2) is 11.8 Å². The average Bonchev–Trinajstić information content (AvgIpc) is 3.00. The molecular formula is C20H18ClN3O3. The van der Waals surface area contributed by atoms with E-state index in [9.17, 15) is 9.59 Å². The first-order chi connectivity index (χ1) is 13.0. The van der Waals surface area contributed by atoms with Crippen LogP contribution < -0.4 is 0 Å². The maximum Gasteiger partial charge on any atom is 0.331 e. The zero-order valence-electron chi connectivity index (χ0n) is 14.7. The number of nitrogens with zero attached hydrogens (tertiary/aromatic N) is 3. The van der Waals surface area contributed by atoms with E-state index >= 15 is 0 Å². The average molecular weight is 384 g/mol. The standard InChI is InChI=1S/C20H18ClN3O3/c1-23(13-15-7-3-2-4-8-15)18(25)14-27-19(26)11-10-16-20(21)22-17-9-5-6-12-24(16)17/h2-12H,13-14H2,1H3/b11-10+. The number of hydrogen-bond acceptors (Lipinski definition) is 4. The lowest BCUT2D eigenvalue weighted by Gasteiger charge is -2.16. The van der Waals surface area contributed by atoms with Crippen molar-refractivity contribution in [1.82, 2.24) is 14.3 Å². The van der Waals surface area contributed by atoms with E-state index in [1.807, 2.05) is 48.5 Å². The second-order valence-corrected chi connectivity index (χ2v) is 6.25. The number of benzene rings is 1. The van der Waals surface area contributed by atoms with Crippen LogP contribution in [0.15, 0.2) is 60.8 Å². The van der Waals surface area contributed by atoms with Crippen molar-refractivity contribution in [2.24, 2.45) is 0 Å². The monoisotopic (exact) mass is 383 g/mol. The van der Waals surface area contributed by atoms with Gasteiger partial charge in [-0.05, 0) is 23.8 Å². The van der Waals surface area contributed by atoms with Gasteiger partial charge in [-0.25, -0.2) is 9.78 Å². The van der Waals surface area contributed by atoms with Crippen LogP contribution in [0.25, 0.3) is 11.7 Å². The minimum atomic E-state index is -0.626. The fourth-order valence-electron chi connectivity index (χ4n) is 2.52. The number of carbonyl (C=O) groups excluding carboxylic acids is 2. The smallest absolute Gasteiger partial charge is 0.331 e. The molecule has 1 amide bonds. The Morgan fingerprint density at radius 2 is 1.93 bits per heavy atom. The van der Waals surface area contributed by atoms with Gasteiger partial charge in [0.05, 0.1) is 5.69 Å². The number of ether oxygens (including phenoxy) is 1. The van der Waals surface area contributed by atoms with Gasteiger partial charge in [-0.3, -0.25) is 9.20 Å². The van der Waals surface area contributed by atoms with Gasteiger partial charge in [-0.15, -0.1) is 0 Å². The first-order valence-corrected chi connectivity index (χ1v) is 8.67. The molecule has 0 saturated heterocycles. The number of fused-ring (bicyclic) bond motifs is 1. The molecule has 0 spiro atoms. The number of imidazole rings is 1. The normalized spacial score (nSPS) is 11.0. The summed E-state index contributed by atoms with van der Waals surface area (Å²) >= 11 is 6.10. The van der Waals surface area contributed by atoms with Crippen LogP contribution in [0.1, 0.15) is 11.3 Å². The summed E-state index contributed by atoms with van der Waals surface area (Å²) in [6.45, 7) is 0.123. The summed E-state index contributed by atoms with van der Waals surface area (Å²) in [5, 5.41) is 0.281. The van der Waals surface area contributed by atoms with Gasteiger partial charge in [0.1, 0.15) is 5.65 Å². The van der Waals surface area contributed by atoms with Crippen molar-refractivity contribution in [3.05, 3.63) is 77.2 Å². The van der Waals surface area contributed by atoms with Crippen LogP contribution >= 0.6 is 11.6 Å². The van der Waals surface area contributed by atoms with E-state index in [4.69, 9.17) is 16.3 Å². The molecule has 0 saturated carbocycles. The van der Waals surface area contributed by atoms with Crippen molar-refractivity contribution < 1.29 is 14.3 Å². The van der Waals surface area contributed by atoms with Crippen molar-refractivity contribution in [2.75, 3.05) is 13.7 Å². The Morgan fingerprint density at radius 3 is 2.70 bits per heavy atom. The van der Waals surface area contributed by atoms with Crippen LogP contribution in [0.5, 0.6) is 0 Å². The molecule has 0 unspecified atom stereocenters. The first kappa shape index (κ1) is 18.7. The van der Waals surface area contributed by atoms with Crippen molar-refractivity contribution in [3.8, 4) is 0 Å². The lowest BCUT2D eigenvalue weighted by atomic mass is 10.2. The number of halogens is 1. The van der Waals surface area contributed by atoms with Crippen LogP contribution in [0, 0.1) is 0 Å². The first-order valence-electron chi connectivity index (χ1n) is 8.30. The van der Waals surface area contributed by atoms with Gasteiger partial charge in [0, 0.05) is 25.9 Å². The summed E-state index contributed by atoms with van der Waals surface area (Å²) in [5.41, 5.74) is 2.24. The fourth-order valence-corrected chi connectivity index (χ4v) is 2.76. The number of esters is 1. The maximum atomic E-state index is 12.1. The van der Waals surface area contributed by atoms with Gasteiger partial charge in [-0.1, -0.05) is 48.0 Å². The molecule has 0 aliphatic heterocycles. The summed E-state index contributed by atoms with van der Waals surface area (Å²) in [5.74, 6) is -0.910. The van der Waals surface area contributed by atoms with E-state index in [0.29, 0.717) is 17.9 Å². The lowest BCUT2D eigenvalue weighted by molar-refractivity contribution is -0.147. The molecular weight excluding hydrogens is 366 g/mol. The van der Waals surface area contributed by atoms with E-state index in [1.54, 1.807) is 17.6 Å². The van der Waals surface area contributed by atoms with Gasteiger partial charge in [0.25, 0.3) is 5.91 Å². The second-order valence-electron chi connectivity index (χ2n) is 5.89. The van der Waals surface area contributed by atoms with Crippen LogP contribution in [0.2, 0.25) is 5.15 Å². The number of rotatable bonds is 6. The fraction of sp³-hybridized carbons (Fsp3) is 0.150. The highest BCUT2D eigenvalue weighted by Gasteiger charge is 2.12. The topological polar surface area (TPSA) is 63.9 Å². The van der Waals surface area contributed by atoms with Crippen LogP contribution in [0.3, 0.4) is 0 Å². The van der Waals surface area contributed by atoms with Gasteiger partial charge in [0.2, 0.25) is 0 Å². The molecule has 2 aromatic heterocycles. The molecule has 3 rings (SSSR count). The van der Waals surface area contributed by atoms with Gasteiger partial charge < -0.3 is 9.64 Å². The molecule has 1 aromatic carbocycles. The molecule has 138 valence electrons. The minimum Gasteiger partial charge on any atom is -0.452 e. The lowest BCUT2D eigenvalue weighted by Crippen LogP contribution is -2.30. The molecule has 0 N–H and O–H groups in total. The number of amides is 1. The summed E-state index contributed by atoms with van der Waals surface area (Å²) < 4.78 is 6.78. The van der Waals surface area contributed by atoms with Crippen LogP contribution in [0.4, 0.5) is 0 Å². The molecule has 0 bridgehead atoms. The zero-order valence-corrected chi connectivity index (χ0v) is 15.5. The maximum absolute atomic E-state index is 12.1. The summed E-state index contributed by atoms with van der Waals surface area (Å²) in [4.78, 5) is 29.7. The quantitative estimate of drug-likeness (QED) is 0.484. The Balaban J connectivity index is 1.55. The summed E-state index contributed by atoms with van der Waals surface area (Å²) in [6, 6.07) is 15.1. The molecule has 27 heavy (non-hydrogen) atoms. The van der Waals surface area contributed by atoms with Gasteiger partial charge in [-0.2, -0.15) is 0 Å². The van der Waals surface area contributed by atoms with Gasteiger partial charge >= 0.3 is 5.97 Å². The summed E-state index contributed by atoms with van der Waals surface area (Å²) in [6.07, 6.45) is 4.54. The van der Waals surface area contributed by atoms with Crippen LogP contribution in [-0.4, -0.2) is 39.8 Å². The molecule has 0 atom stereocenters. The summed E-state index contributed by atoms with van der Waals surface area (Å²) in [7, 11) is 1.66. The number of likely N-dealkylation sites (N-methyl/N-ethyl adjacent to an activating group) is 1. The van der Waals surface area contributed by atoms with Crippen LogP contribution in [-0.2, 0) is 20.9 Å². The van der Waals surface area contributed by atoms with Crippen molar-refractivity contribution >= 4 is 35.2 Å². The number of aromatic nitrogens is 2.